The number of methoxy groups -OCH3 is 2. The third-order valence-corrected chi connectivity index (χ3v) is 6.52. The van der Waals surface area contributed by atoms with Crippen molar-refractivity contribution in [1.29, 1.82) is 0 Å². The highest BCUT2D eigenvalue weighted by Crippen LogP contribution is 2.39. The van der Waals surface area contributed by atoms with Crippen LogP contribution in [0.3, 0.4) is 0 Å². The molecule has 4 rings (SSSR count). The quantitative estimate of drug-likeness (QED) is 0.216. The topological polar surface area (TPSA) is 69.6 Å². The predicted octanol–water partition coefficient (Wildman–Crippen LogP) is 6.48. The van der Waals surface area contributed by atoms with Crippen LogP contribution >= 0.6 is 0 Å². The zero-order valence-electron chi connectivity index (χ0n) is 22.6. The van der Waals surface area contributed by atoms with E-state index in [0.29, 0.717) is 53.4 Å². The fourth-order valence-corrected chi connectivity index (χ4v) is 4.15. The van der Waals surface area contributed by atoms with Crippen LogP contribution in [0.4, 0.5) is 5.69 Å². The molecule has 198 valence electrons. The molecule has 0 fully saturated rings. The van der Waals surface area contributed by atoms with Crippen LogP contribution in [0.2, 0.25) is 0 Å². The van der Waals surface area contributed by atoms with E-state index in [1.165, 1.54) is 10.6 Å². The van der Waals surface area contributed by atoms with Crippen molar-refractivity contribution in [3.63, 3.8) is 0 Å². The van der Waals surface area contributed by atoms with Crippen molar-refractivity contribution in [2.75, 3.05) is 32.4 Å². The summed E-state index contributed by atoms with van der Waals surface area (Å²) < 4.78 is 23.0. The number of rotatable bonds is 11. The zero-order valence-corrected chi connectivity index (χ0v) is 22.6. The van der Waals surface area contributed by atoms with Crippen LogP contribution < -0.4 is 24.0 Å². The van der Waals surface area contributed by atoms with E-state index in [0.717, 1.165) is 17.7 Å². The lowest BCUT2D eigenvalue weighted by Crippen LogP contribution is -2.21. The summed E-state index contributed by atoms with van der Waals surface area (Å²) in [4.78, 5) is 13.1. The Morgan fingerprint density at radius 3 is 2.16 bits per heavy atom. The van der Waals surface area contributed by atoms with E-state index in [2.05, 4.69) is 31.1 Å². The summed E-state index contributed by atoms with van der Waals surface area (Å²) in [6.45, 7) is 6.88. The molecule has 0 bridgehead atoms. The van der Waals surface area contributed by atoms with E-state index >= 15 is 0 Å². The molecule has 1 unspecified atom stereocenters. The Kier molecular flexibility index (Phi) is 8.69. The number of hydrogen-bond acceptors (Lipinski definition) is 6. The average molecular weight is 515 g/mol. The van der Waals surface area contributed by atoms with Crippen LogP contribution in [-0.2, 0) is 4.79 Å². The lowest BCUT2D eigenvalue weighted by atomic mass is 9.99. The van der Waals surface area contributed by atoms with Crippen molar-refractivity contribution >= 4 is 23.4 Å². The highest BCUT2D eigenvalue weighted by molar-refractivity contribution is 6.32. The molecule has 7 heteroatoms. The molecular weight excluding hydrogens is 480 g/mol. The summed E-state index contributed by atoms with van der Waals surface area (Å²) in [7, 11) is 3.14. The van der Waals surface area contributed by atoms with Crippen LogP contribution in [0.5, 0.6) is 23.0 Å². The third-order valence-electron chi connectivity index (χ3n) is 6.52. The van der Waals surface area contributed by atoms with Gasteiger partial charge in [-0.3, -0.25) is 4.79 Å². The second kappa shape index (κ2) is 12.3. The van der Waals surface area contributed by atoms with Crippen molar-refractivity contribution in [3.05, 3.63) is 83.4 Å². The summed E-state index contributed by atoms with van der Waals surface area (Å²) in [6.07, 6.45) is 2.88. The molecular formula is C31H34N2O5. The number of carbonyl (C=O) groups excluding carboxylic acids is 1. The number of hydrogen-bond donors (Lipinski definition) is 0. The van der Waals surface area contributed by atoms with Gasteiger partial charge in [0.1, 0.15) is 19.0 Å². The second-order valence-electron chi connectivity index (χ2n) is 9.03. The van der Waals surface area contributed by atoms with Gasteiger partial charge in [-0.1, -0.05) is 44.2 Å². The predicted molar refractivity (Wildman–Crippen MR) is 151 cm³/mol. The second-order valence-corrected chi connectivity index (χ2v) is 9.03. The van der Waals surface area contributed by atoms with Gasteiger partial charge in [-0.05, 0) is 72.9 Å². The molecule has 1 aliphatic heterocycles. The highest BCUT2D eigenvalue weighted by Gasteiger charge is 2.29. The molecule has 0 saturated carbocycles. The highest BCUT2D eigenvalue weighted by atomic mass is 16.6. The van der Waals surface area contributed by atoms with Crippen molar-refractivity contribution in [1.82, 2.24) is 0 Å². The molecule has 3 aromatic carbocycles. The van der Waals surface area contributed by atoms with Crippen LogP contribution in [0, 0.1) is 0 Å². The van der Waals surface area contributed by atoms with Crippen molar-refractivity contribution < 1.29 is 23.7 Å². The average Bonchev–Trinajstić information content (AvgIpc) is 3.24. The summed E-state index contributed by atoms with van der Waals surface area (Å²) in [5, 5.41) is 5.85. The van der Waals surface area contributed by atoms with Crippen LogP contribution in [-0.4, -0.2) is 39.1 Å². The number of benzene rings is 3. The maximum absolute atomic E-state index is 13.1. The molecule has 0 N–H and O–H groups in total. The van der Waals surface area contributed by atoms with Crippen molar-refractivity contribution in [3.8, 4) is 23.0 Å². The molecule has 7 nitrogen and oxygen atoms in total. The van der Waals surface area contributed by atoms with E-state index in [-0.39, 0.29) is 5.91 Å². The maximum Gasteiger partial charge on any atom is 0.280 e. The van der Waals surface area contributed by atoms with Gasteiger partial charge in [0.25, 0.3) is 5.91 Å². The van der Waals surface area contributed by atoms with Gasteiger partial charge < -0.3 is 18.9 Å². The minimum absolute atomic E-state index is 0.193. The molecule has 3 aromatic rings. The number of para-hydroxylation sites is 1. The Bertz CT molecular complexity index is 1290. The standard InChI is InChI=1S/C31H34N2O5/c1-6-21(2)24-12-14-26(15-13-24)37-16-17-38-30-28(35-4)19-23(20-29(30)36-5)18-27-22(3)32-33(31(27)34)25-10-8-7-9-11-25/h7-15,18-21H,6,16-17H2,1-5H3. The molecule has 1 amide bonds. The first-order chi connectivity index (χ1) is 18.4. The lowest BCUT2D eigenvalue weighted by molar-refractivity contribution is -0.114. The minimum Gasteiger partial charge on any atom is -0.493 e. The molecule has 1 aliphatic rings. The van der Waals surface area contributed by atoms with E-state index in [1.807, 2.05) is 61.5 Å². The largest absolute Gasteiger partial charge is 0.493 e. The van der Waals surface area contributed by atoms with Crippen LogP contribution in [0.25, 0.3) is 6.08 Å². The molecule has 0 aliphatic carbocycles. The van der Waals surface area contributed by atoms with Gasteiger partial charge in [0.05, 0.1) is 31.2 Å². The summed E-state index contributed by atoms with van der Waals surface area (Å²) in [5.74, 6) is 2.59. The van der Waals surface area contributed by atoms with E-state index < -0.39 is 0 Å². The molecule has 1 heterocycles. The molecule has 38 heavy (non-hydrogen) atoms. The van der Waals surface area contributed by atoms with Gasteiger partial charge in [-0.15, -0.1) is 0 Å². The first-order valence-electron chi connectivity index (χ1n) is 12.7. The number of hydrazone groups is 1. The summed E-state index contributed by atoms with van der Waals surface area (Å²) in [5.41, 5.74) is 3.88. The Morgan fingerprint density at radius 2 is 1.55 bits per heavy atom. The van der Waals surface area contributed by atoms with Crippen LogP contribution in [0.15, 0.2) is 77.4 Å². The molecule has 0 spiro atoms. The lowest BCUT2D eigenvalue weighted by Gasteiger charge is -2.16. The maximum atomic E-state index is 13.1. The van der Waals surface area contributed by atoms with E-state index in [9.17, 15) is 4.79 Å². The molecule has 0 radical (unpaired) electrons. The normalized spacial score (nSPS) is 14.9. The Morgan fingerprint density at radius 1 is 0.921 bits per heavy atom. The van der Waals surface area contributed by atoms with Crippen molar-refractivity contribution in [2.24, 2.45) is 5.10 Å². The van der Waals surface area contributed by atoms with Gasteiger partial charge >= 0.3 is 0 Å². The van der Waals surface area contributed by atoms with Gasteiger partial charge in [0.15, 0.2) is 11.5 Å². The van der Waals surface area contributed by atoms with Gasteiger partial charge in [0, 0.05) is 0 Å². The van der Waals surface area contributed by atoms with Crippen LogP contribution in [0.1, 0.15) is 44.2 Å². The summed E-state index contributed by atoms with van der Waals surface area (Å²) >= 11 is 0. The number of carbonyl (C=O) groups is 1. The Labute approximate surface area is 224 Å². The Balaban J connectivity index is 1.45. The first kappa shape index (κ1) is 26.8. The fraction of sp³-hybridized carbons (Fsp3) is 0.290. The number of ether oxygens (including phenoxy) is 4. The smallest absolute Gasteiger partial charge is 0.280 e. The van der Waals surface area contributed by atoms with Gasteiger partial charge in [-0.2, -0.15) is 10.1 Å². The minimum atomic E-state index is -0.193. The Hall–Kier alpha value is -4.26. The fourth-order valence-electron chi connectivity index (χ4n) is 4.15. The number of anilines is 1. The van der Waals surface area contributed by atoms with E-state index in [4.69, 9.17) is 18.9 Å². The van der Waals surface area contributed by atoms with Gasteiger partial charge in [0.2, 0.25) is 5.75 Å². The SMILES string of the molecule is CCC(C)c1ccc(OCCOc2c(OC)cc(C=C3C(=O)N(c4ccccc4)N=C3C)cc2OC)cc1. The molecule has 1 atom stereocenters. The van der Waals surface area contributed by atoms with Crippen molar-refractivity contribution in [2.45, 2.75) is 33.1 Å². The summed E-state index contributed by atoms with van der Waals surface area (Å²) in [6, 6.07) is 21.1. The zero-order chi connectivity index (χ0) is 27.1. The molecule has 0 saturated heterocycles. The van der Waals surface area contributed by atoms with Gasteiger partial charge in [-0.25, -0.2) is 0 Å². The number of nitrogens with zero attached hydrogens (tertiary/aromatic N) is 2. The third kappa shape index (κ3) is 5.99. The molecule has 0 aromatic heterocycles. The monoisotopic (exact) mass is 514 g/mol. The van der Waals surface area contributed by atoms with E-state index in [1.54, 1.807) is 20.3 Å². The first-order valence-corrected chi connectivity index (χ1v) is 12.7. The number of amides is 1.